The van der Waals surface area contributed by atoms with Crippen molar-refractivity contribution in [1.29, 1.82) is 5.26 Å². The van der Waals surface area contributed by atoms with E-state index in [1.54, 1.807) is 47.4 Å². The van der Waals surface area contributed by atoms with E-state index < -0.39 is 23.0 Å². The molecule has 9 nitrogen and oxygen atoms in total. The van der Waals surface area contributed by atoms with E-state index in [2.05, 4.69) is 15.3 Å². The summed E-state index contributed by atoms with van der Waals surface area (Å²) in [7, 11) is 0. The van der Waals surface area contributed by atoms with Crippen LogP contribution >= 0.6 is 0 Å². The maximum absolute atomic E-state index is 13.8. The fourth-order valence-electron chi connectivity index (χ4n) is 3.85. The van der Waals surface area contributed by atoms with Crippen molar-refractivity contribution in [3.05, 3.63) is 65.9 Å². The SMILES string of the molecule is N#CCN(Cc1ccc(-c2ccnc(Nc3ccc(N4CCOCC4)c(C(F)(F)F)c3)n2)cc1)S(=O)[O-]. The molecule has 0 amide bonds. The second-order valence-corrected chi connectivity index (χ2v) is 9.04. The Morgan fingerprint density at radius 3 is 2.54 bits per heavy atom. The summed E-state index contributed by atoms with van der Waals surface area (Å²) in [4.78, 5) is 10.2. The number of anilines is 3. The molecule has 1 fully saturated rings. The fourth-order valence-corrected chi connectivity index (χ4v) is 4.27. The monoisotopic (exact) mass is 531 g/mol. The van der Waals surface area contributed by atoms with Crippen LogP contribution < -0.4 is 10.2 Å². The van der Waals surface area contributed by atoms with E-state index in [1.807, 2.05) is 0 Å². The molecule has 0 radical (unpaired) electrons. The van der Waals surface area contributed by atoms with Gasteiger partial charge in [-0.15, -0.1) is 0 Å². The lowest BCUT2D eigenvalue weighted by Gasteiger charge is -2.31. The molecule has 37 heavy (non-hydrogen) atoms. The zero-order valence-corrected chi connectivity index (χ0v) is 20.3. The Hall–Kier alpha value is -3.57. The number of nitrogens with zero attached hydrogens (tertiary/aromatic N) is 5. The van der Waals surface area contributed by atoms with E-state index in [4.69, 9.17) is 10.00 Å². The third-order valence-electron chi connectivity index (χ3n) is 5.63. The highest BCUT2D eigenvalue weighted by atomic mass is 32.2. The number of benzene rings is 2. The molecule has 2 aromatic carbocycles. The molecule has 1 unspecified atom stereocenters. The lowest BCUT2D eigenvalue weighted by Crippen LogP contribution is -2.37. The van der Waals surface area contributed by atoms with Gasteiger partial charge in [-0.2, -0.15) is 18.4 Å². The molecule has 3 aromatic rings. The van der Waals surface area contributed by atoms with E-state index in [-0.39, 0.29) is 30.4 Å². The number of halogens is 3. The molecule has 4 rings (SSSR count). The number of nitriles is 1. The molecule has 1 aliphatic heterocycles. The maximum atomic E-state index is 13.8. The Bertz CT molecular complexity index is 1290. The van der Waals surface area contributed by atoms with Crippen LogP contribution in [0.2, 0.25) is 0 Å². The Morgan fingerprint density at radius 2 is 1.89 bits per heavy atom. The van der Waals surface area contributed by atoms with Crippen LogP contribution in [0.4, 0.5) is 30.5 Å². The average Bonchev–Trinajstić information content (AvgIpc) is 2.89. The highest BCUT2D eigenvalue weighted by Crippen LogP contribution is 2.39. The van der Waals surface area contributed by atoms with Crippen molar-refractivity contribution in [3.8, 4) is 17.3 Å². The molecule has 1 saturated heterocycles. The van der Waals surface area contributed by atoms with Crippen LogP contribution in [0.5, 0.6) is 0 Å². The Labute approximate surface area is 213 Å². The number of hydrogen-bond donors (Lipinski definition) is 1. The predicted molar refractivity (Wildman–Crippen MR) is 130 cm³/mol. The quantitative estimate of drug-likeness (QED) is 0.344. The van der Waals surface area contributed by atoms with E-state index in [1.165, 1.54) is 12.3 Å². The first-order valence-electron chi connectivity index (χ1n) is 11.2. The number of ether oxygens (including phenoxy) is 1. The summed E-state index contributed by atoms with van der Waals surface area (Å²) in [6.07, 6.45) is -3.06. The van der Waals surface area contributed by atoms with E-state index in [9.17, 15) is 21.9 Å². The molecular formula is C24H22F3N6O3S-. The first-order chi connectivity index (χ1) is 17.7. The summed E-state index contributed by atoms with van der Waals surface area (Å²) in [6.45, 7) is 1.28. The van der Waals surface area contributed by atoms with Crippen LogP contribution in [0.15, 0.2) is 54.7 Å². The van der Waals surface area contributed by atoms with Gasteiger partial charge in [-0.1, -0.05) is 24.3 Å². The second kappa shape index (κ2) is 11.7. The van der Waals surface area contributed by atoms with Crippen molar-refractivity contribution in [2.45, 2.75) is 12.7 Å². The van der Waals surface area contributed by atoms with Gasteiger partial charge in [-0.3, -0.25) is 4.21 Å². The maximum Gasteiger partial charge on any atom is 0.418 e. The van der Waals surface area contributed by atoms with Gasteiger partial charge in [0.05, 0.1) is 37.1 Å². The van der Waals surface area contributed by atoms with Crippen molar-refractivity contribution in [3.63, 3.8) is 0 Å². The average molecular weight is 532 g/mol. The Balaban J connectivity index is 1.52. The summed E-state index contributed by atoms with van der Waals surface area (Å²) in [6, 6.07) is 14.4. The van der Waals surface area contributed by atoms with Gasteiger partial charge >= 0.3 is 6.18 Å². The van der Waals surface area contributed by atoms with Crippen LogP contribution in [-0.4, -0.2) is 55.9 Å². The summed E-state index contributed by atoms with van der Waals surface area (Å²) >= 11 is -2.53. The number of alkyl halides is 3. The molecule has 0 bridgehead atoms. The first-order valence-corrected chi connectivity index (χ1v) is 12.2. The van der Waals surface area contributed by atoms with Crippen molar-refractivity contribution in [1.82, 2.24) is 14.3 Å². The van der Waals surface area contributed by atoms with Crippen molar-refractivity contribution in [2.75, 3.05) is 43.1 Å². The summed E-state index contributed by atoms with van der Waals surface area (Å²) in [5, 5.41) is 11.6. The minimum absolute atomic E-state index is 0.0442. The zero-order valence-electron chi connectivity index (χ0n) is 19.4. The standard InChI is InChI=1S/C24H23F3N6O3S/c25-24(26,27)20-15-19(5-6-22(20)32-11-13-36-14-12-32)30-23-29-9-7-21(31-23)18-3-1-17(2-4-18)16-33(10-8-28)37(34)35/h1-7,9,15H,10-14,16H2,(H,34,35)(H,29,30,31)/p-1. The Kier molecular flexibility index (Phi) is 8.34. The molecule has 0 spiro atoms. The first kappa shape index (κ1) is 26.5. The molecular weight excluding hydrogens is 509 g/mol. The molecule has 0 aliphatic carbocycles. The lowest BCUT2D eigenvalue weighted by atomic mass is 10.1. The second-order valence-electron chi connectivity index (χ2n) is 8.09. The smallest absolute Gasteiger partial charge is 0.418 e. The number of nitrogens with one attached hydrogen (secondary N) is 1. The van der Waals surface area contributed by atoms with Crippen molar-refractivity contribution in [2.24, 2.45) is 0 Å². The highest BCUT2D eigenvalue weighted by molar-refractivity contribution is 7.76. The minimum atomic E-state index is -4.54. The van der Waals surface area contributed by atoms with Crippen LogP contribution in [0.1, 0.15) is 11.1 Å². The van der Waals surface area contributed by atoms with Gasteiger partial charge in [0.1, 0.15) is 0 Å². The van der Waals surface area contributed by atoms with Gasteiger partial charge < -0.3 is 19.5 Å². The van der Waals surface area contributed by atoms with Gasteiger partial charge in [0.15, 0.2) is 0 Å². The van der Waals surface area contributed by atoms with E-state index >= 15 is 0 Å². The highest BCUT2D eigenvalue weighted by Gasteiger charge is 2.35. The molecule has 1 aromatic heterocycles. The molecule has 1 N–H and O–H groups in total. The number of aromatic nitrogens is 2. The Morgan fingerprint density at radius 1 is 1.16 bits per heavy atom. The van der Waals surface area contributed by atoms with E-state index in [0.29, 0.717) is 43.1 Å². The molecule has 194 valence electrons. The number of hydrogen-bond acceptors (Lipinski definition) is 8. The lowest BCUT2D eigenvalue weighted by molar-refractivity contribution is -0.137. The topological polar surface area (TPSA) is 117 Å². The van der Waals surface area contributed by atoms with Gasteiger partial charge in [0, 0.05) is 54.0 Å². The normalized spacial score (nSPS) is 14.9. The minimum Gasteiger partial charge on any atom is -0.760 e. The zero-order chi connectivity index (χ0) is 26.4. The predicted octanol–water partition coefficient (Wildman–Crippen LogP) is 3.86. The van der Waals surface area contributed by atoms with E-state index in [0.717, 1.165) is 10.4 Å². The van der Waals surface area contributed by atoms with Crippen LogP contribution in [-0.2, 0) is 28.7 Å². The van der Waals surface area contributed by atoms with Gasteiger partial charge in [-0.25, -0.2) is 14.3 Å². The number of rotatable bonds is 8. The van der Waals surface area contributed by atoms with Crippen LogP contribution in [0, 0.1) is 11.3 Å². The van der Waals surface area contributed by atoms with Gasteiger partial charge in [-0.05, 0) is 29.8 Å². The molecule has 1 atom stereocenters. The fraction of sp³-hybridized carbons (Fsp3) is 0.292. The van der Waals surface area contributed by atoms with Crippen LogP contribution in [0.25, 0.3) is 11.3 Å². The van der Waals surface area contributed by atoms with Crippen molar-refractivity contribution >= 4 is 28.6 Å². The largest absolute Gasteiger partial charge is 0.760 e. The summed E-state index contributed by atoms with van der Waals surface area (Å²) in [5.41, 5.74) is 1.44. The molecule has 2 heterocycles. The van der Waals surface area contributed by atoms with Gasteiger partial charge in [0.2, 0.25) is 5.95 Å². The molecule has 0 saturated carbocycles. The third-order valence-corrected chi connectivity index (χ3v) is 6.31. The summed E-state index contributed by atoms with van der Waals surface area (Å²) in [5.74, 6) is 0.121. The molecule has 13 heteroatoms. The van der Waals surface area contributed by atoms with Crippen LogP contribution in [0.3, 0.4) is 0 Å². The third kappa shape index (κ3) is 6.80. The summed E-state index contributed by atoms with van der Waals surface area (Å²) < 4.78 is 70.2. The number of morpholine rings is 1. The molecule has 1 aliphatic rings. The van der Waals surface area contributed by atoms with Crippen molar-refractivity contribution < 1.29 is 26.7 Å². The van der Waals surface area contributed by atoms with Gasteiger partial charge in [0.25, 0.3) is 0 Å².